The molecular formula is C9H16N4O2. The summed E-state index contributed by atoms with van der Waals surface area (Å²) in [7, 11) is 3.28. The summed E-state index contributed by atoms with van der Waals surface area (Å²) < 4.78 is 6.35. The van der Waals surface area contributed by atoms with Crippen LogP contribution in [-0.2, 0) is 16.6 Å². The Morgan fingerprint density at radius 1 is 1.67 bits per heavy atom. The third kappa shape index (κ3) is 2.69. The Balaban J connectivity index is 2.68. The van der Waals surface area contributed by atoms with Crippen LogP contribution in [0.1, 0.15) is 12.1 Å². The number of aromatic nitrogens is 2. The fraction of sp³-hybridized carbons (Fsp3) is 0.556. The number of carbonyl (C=O) groups excluding carboxylic acids is 1. The van der Waals surface area contributed by atoms with E-state index in [2.05, 4.69) is 10.4 Å². The molecule has 0 unspecified atom stereocenters. The normalized spacial score (nSPS) is 10.3. The van der Waals surface area contributed by atoms with Gasteiger partial charge in [-0.3, -0.25) is 9.48 Å². The van der Waals surface area contributed by atoms with Gasteiger partial charge in [-0.15, -0.1) is 0 Å². The number of hydrogen-bond acceptors (Lipinski definition) is 4. The van der Waals surface area contributed by atoms with Crippen LogP contribution in [0, 0.1) is 6.92 Å². The van der Waals surface area contributed by atoms with Crippen LogP contribution in [0.5, 0.6) is 0 Å². The Bertz CT molecular complexity index is 359. The molecule has 0 spiro atoms. The molecule has 1 aromatic rings. The predicted molar refractivity (Wildman–Crippen MR) is 57.5 cm³/mol. The van der Waals surface area contributed by atoms with Gasteiger partial charge < -0.3 is 15.8 Å². The van der Waals surface area contributed by atoms with E-state index >= 15 is 0 Å². The van der Waals surface area contributed by atoms with E-state index in [0.29, 0.717) is 30.2 Å². The zero-order valence-electron chi connectivity index (χ0n) is 9.20. The van der Waals surface area contributed by atoms with Gasteiger partial charge in [0.25, 0.3) is 0 Å². The molecule has 0 bridgehead atoms. The SMILES string of the molecule is COCCC(=O)Nc1c(N)c(C)nn1C. The third-order valence-electron chi connectivity index (χ3n) is 2.06. The molecule has 0 atom stereocenters. The number of nitrogens with two attached hydrogens (primary N) is 1. The Kier molecular flexibility index (Phi) is 3.68. The summed E-state index contributed by atoms with van der Waals surface area (Å²) in [4.78, 5) is 11.4. The number of hydrogen-bond donors (Lipinski definition) is 2. The zero-order chi connectivity index (χ0) is 11.4. The molecule has 0 fully saturated rings. The van der Waals surface area contributed by atoms with Crippen LogP contribution >= 0.6 is 0 Å². The molecule has 1 aromatic heterocycles. The second-order valence-electron chi connectivity index (χ2n) is 3.26. The highest BCUT2D eigenvalue weighted by Crippen LogP contribution is 2.20. The number of aryl methyl sites for hydroxylation is 2. The molecule has 0 aliphatic rings. The lowest BCUT2D eigenvalue weighted by atomic mass is 10.3. The van der Waals surface area contributed by atoms with E-state index in [1.807, 2.05) is 0 Å². The van der Waals surface area contributed by atoms with Gasteiger partial charge in [-0.2, -0.15) is 5.10 Å². The van der Waals surface area contributed by atoms with Gasteiger partial charge >= 0.3 is 0 Å². The number of rotatable bonds is 4. The van der Waals surface area contributed by atoms with E-state index in [4.69, 9.17) is 10.5 Å². The summed E-state index contributed by atoms with van der Waals surface area (Å²) in [5, 5.41) is 6.78. The van der Waals surface area contributed by atoms with Gasteiger partial charge in [0.15, 0.2) is 5.82 Å². The molecule has 15 heavy (non-hydrogen) atoms. The monoisotopic (exact) mass is 212 g/mol. The molecule has 0 saturated carbocycles. The van der Waals surface area contributed by atoms with Crippen LogP contribution in [0.2, 0.25) is 0 Å². The molecule has 84 valence electrons. The van der Waals surface area contributed by atoms with Crippen molar-refractivity contribution in [2.45, 2.75) is 13.3 Å². The Morgan fingerprint density at radius 3 is 2.80 bits per heavy atom. The van der Waals surface area contributed by atoms with Gasteiger partial charge in [0.05, 0.1) is 24.4 Å². The molecular weight excluding hydrogens is 196 g/mol. The summed E-state index contributed by atoms with van der Waals surface area (Å²) in [6.07, 6.45) is 0.306. The summed E-state index contributed by atoms with van der Waals surface area (Å²) in [6, 6.07) is 0. The van der Waals surface area contributed by atoms with Gasteiger partial charge in [-0.25, -0.2) is 0 Å². The molecule has 0 aliphatic carbocycles. The van der Waals surface area contributed by atoms with E-state index in [9.17, 15) is 4.79 Å². The number of carbonyl (C=O) groups is 1. The maximum absolute atomic E-state index is 11.4. The van der Waals surface area contributed by atoms with Crippen molar-refractivity contribution in [1.29, 1.82) is 0 Å². The van der Waals surface area contributed by atoms with E-state index < -0.39 is 0 Å². The average Bonchev–Trinajstić information content (AvgIpc) is 2.42. The summed E-state index contributed by atoms with van der Waals surface area (Å²) in [5.41, 5.74) is 6.96. The Labute approximate surface area is 88.4 Å². The highest BCUT2D eigenvalue weighted by Gasteiger charge is 2.12. The number of ether oxygens (including phenoxy) is 1. The summed E-state index contributed by atoms with van der Waals surface area (Å²) >= 11 is 0. The van der Waals surface area contributed by atoms with Gasteiger partial charge in [0.2, 0.25) is 5.91 Å². The number of nitrogen functional groups attached to an aromatic ring is 1. The average molecular weight is 212 g/mol. The van der Waals surface area contributed by atoms with Gasteiger partial charge in [-0.05, 0) is 6.92 Å². The molecule has 0 aromatic carbocycles. The van der Waals surface area contributed by atoms with Crippen molar-refractivity contribution in [2.24, 2.45) is 7.05 Å². The molecule has 6 nitrogen and oxygen atoms in total. The Morgan fingerprint density at radius 2 is 2.33 bits per heavy atom. The molecule has 1 rings (SSSR count). The summed E-state index contributed by atoms with van der Waals surface area (Å²) in [5.74, 6) is 0.403. The van der Waals surface area contributed by atoms with Gasteiger partial charge in [0, 0.05) is 14.2 Å². The molecule has 3 N–H and O–H groups in total. The fourth-order valence-corrected chi connectivity index (χ4v) is 1.21. The summed E-state index contributed by atoms with van der Waals surface area (Å²) in [6.45, 7) is 2.18. The topological polar surface area (TPSA) is 82.2 Å². The second kappa shape index (κ2) is 4.79. The number of nitrogens with zero attached hydrogens (tertiary/aromatic N) is 2. The molecule has 1 heterocycles. The van der Waals surface area contributed by atoms with Crippen LogP contribution in [0.15, 0.2) is 0 Å². The van der Waals surface area contributed by atoms with E-state index in [1.54, 1.807) is 25.8 Å². The van der Waals surface area contributed by atoms with Crippen molar-refractivity contribution in [2.75, 3.05) is 24.8 Å². The number of nitrogens with one attached hydrogen (secondary N) is 1. The Hall–Kier alpha value is -1.56. The number of amides is 1. The maximum Gasteiger partial charge on any atom is 0.227 e. The lowest BCUT2D eigenvalue weighted by Gasteiger charge is -2.05. The van der Waals surface area contributed by atoms with Crippen molar-refractivity contribution in [3.05, 3.63) is 5.69 Å². The first kappa shape index (κ1) is 11.5. The third-order valence-corrected chi connectivity index (χ3v) is 2.06. The highest BCUT2D eigenvalue weighted by molar-refractivity contribution is 5.93. The predicted octanol–water partition coefficient (Wildman–Crippen LogP) is 0.286. The number of anilines is 2. The molecule has 1 amide bonds. The van der Waals surface area contributed by atoms with Crippen molar-refractivity contribution in [3.63, 3.8) is 0 Å². The van der Waals surface area contributed by atoms with Gasteiger partial charge in [-0.1, -0.05) is 0 Å². The van der Waals surface area contributed by atoms with Crippen LogP contribution in [0.25, 0.3) is 0 Å². The molecule has 0 radical (unpaired) electrons. The van der Waals surface area contributed by atoms with Crippen molar-refractivity contribution >= 4 is 17.4 Å². The van der Waals surface area contributed by atoms with E-state index in [0.717, 1.165) is 0 Å². The number of methoxy groups -OCH3 is 1. The highest BCUT2D eigenvalue weighted by atomic mass is 16.5. The minimum atomic E-state index is -0.133. The quantitative estimate of drug-likeness (QED) is 0.751. The molecule has 0 saturated heterocycles. The van der Waals surface area contributed by atoms with Crippen LogP contribution < -0.4 is 11.1 Å². The standard InChI is InChI=1S/C9H16N4O2/c1-6-8(10)9(13(2)12-6)11-7(14)4-5-15-3/h4-5,10H2,1-3H3,(H,11,14). The van der Waals surface area contributed by atoms with Crippen molar-refractivity contribution < 1.29 is 9.53 Å². The van der Waals surface area contributed by atoms with Crippen LogP contribution in [0.4, 0.5) is 11.5 Å². The lowest BCUT2D eigenvalue weighted by molar-refractivity contribution is -0.117. The second-order valence-corrected chi connectivity index (χ2v) is 3.26. The van der Waals surface area contributed by atoms with Crippen LogP contribution in [-0.4, -0.2) is 29.4 Å². The van der Waals surface area contributed by atoms with Gasteiger partial charge in [0.1, 0.15) is 0 Å². The van der Waals surface area contributed by atoms with Crippen molar-refractivity contribution in [1.82, 2.24) is 9.78 Å². The lowest BCUT2D eigenvalue weighted by Crippen LogP contribution is -2.16. The molecule has 0 aliphatic heterocycles. The molecule has 6 heteroatoms. The van der Waals surface area contributed by atoms with Crippen LogP contribution in [0.3, 0.4) is 0 Å². The zero-order valence-corrected chi connectivity index (χ0v) is 9.20. The largest absolute Gasteiger partial charge is 0.394 e. The van der Waals surface area contributed by atoms with E-state index in [1.165, 1.54) is 0 Å². The van der Waals surface area contributed by atoms with E-state index in [-0.39, 0.29) is 5.91 Å². The van der Waals surface area contributed by atoms with Crippen molar-refractivity contribution in [3.8, 4) is 0 Å². The minimum absolute atomic E-state index is 0.133. The maximum atomic E-state index is 11.4. The fourth-order valence-electron chi connectivity index (χ4n) is 1.21. The first-order valence-corrected chi connectivity index (χ1v) is 4.64. The first-order chi connectivity index (χ1) is 7.06. The minimum Gasteiger partial charge on any atom is -0.394 e. The smallest absolute Gasteiger partial charge is 0.227 e. The first-order valence-electron chi connectivity index (χ1n) is 4.64.